The van der Waals surface area contributed by atoms with E-state index in [1.54, 1.807) is 26.0 Å². The average Bonchev–Trinajstić information content (AvgIpc) is 3.11. The first-order valence-electron chi connectivity index (χ1n) is 7.86. The van der Waals surface area contributed by atoms with Gasteiger partial charge in [0.15, 0.2) is 6.61 Å². The quantitative estimate of drug-likeness (QED) is 0.670. The summed E-state index contributed by atoms with van der Waals surface area (Å²) in [6.45, 7) is 3.20. The molecule has 140 valence electrons. The topological polar surface area (TPSA) is 115 Å². The van der Waals surface area contributed by atoms with Crippen LogP contribution < -0.4 is 10.0 Å². The van der Waals surface area contributed by atoms with Crippen LogP contribution in [0.3, 0.4) is 0 Å². The molecule has 1 aromatic carbocycles. The molecule has 2 N–H and O–H groups in total. The van der Waals surface area contributed by atoms with Crippen molar-refractivity contribution in [1.29, 1.82) is 0 Å². The lowest BCUT2D eigenvalue weighted by Gasteiger charge is -2.09. The Bertz CT molecular complexity index is 842. The molecule has 9 heteroatoms. The van der Waals surface area contributed by atoms with Crippen molar-refractivity contribution in [2.24, 2.45) is 0 Å². The highest BCUT2D eigenvalue weighted by atomic mass is 32.2. The summed E-state index contributed by atoms with van der Waals surface area (Å²) in [5, 5.41) is 2.59. The van der Waals surface area contributed by atoms with E-state index in [-0.39, 0.29) is 23.0 Å². The molecule has 8 nitrogen and oxygen atoms in total. The smallest absolute Gasteiger partial charge is 0.338 e. The Labute approximate surface area is 151 Å². The number of esters is 1. The molecule has 1 heterocycles. The van der Waals surface area contributed by atoms with Gasteiger partial charge in [-0.05, 0) is 50.2 Å². The molecule has 0 saturated carbocycles. The van der Waals surface area contributed by atoms with Crippen LogP contribution >= 0.6 is 0 Å². The standard InChI is InChI=1S/C17H20N2O6S/c1-12(2)19-16(20)11-25-17(21)13-5-7-15(8-6-13)26(22,23)18-10-14-4-3-9-24-14/h3-9,12,18H,10-11H2,1-2H3,(H,19,20). The molecule has 0 saturated heterocycles. The number of sulfonamides is 1. The third-order valence-corrected chi connectivity index (χ3v) is 4.62. The number of furan rings is 1. The molecule has 0 radical (unpaired) electrons. The van der Waals surface area contributed by atoms with E-state index < -0.39 is 28.5 Å². The van der Waals surface area contributed by atoms with Gasteiger partial charge in [0.2, 0.25) is 10.0 Å². The van der Waals surface area contributed by atoms with Crippen molar-refractivity contribution < 1.29 is 27.2 Å². The largest absolute Gasteiger partial charge is 0.468 e. The van der Waals surface area contributed by atoms with Crippen molar-refractivity contribution in [2.45, 2.75) is 31.3 Å². The van der Waals surface area contributed by atoms with Gasteiger partial charge in [-0.25, -0.2) is 17.9 Å². The van der Waals surface area contributed by atoms with Crippen molar-refractivity contribution >= 4 is 21.9 Å². The minimum Gasteiger partial charge on any atom is -0.468 e. The van der Waals surface area contributed by atoms with Crippen molar-refractivity contribution in [3.8, 4) is 0 Å². The summed E-state index contributed by atoms with van der Waals surface area (Å²) in [5.74, 6) is -0.639. The molecular formula is C17H20N2O6S. The van der Waals surface area contributed by atoms with Crippen LogP contribution in [0.4, 0.5) is 0 Å². The number of ether oxygens (including phenoxy) is 1. The second-order valence-electron chi connectivity index (χ2n) is 5.73. The molecule has 0 aliphatic rings. The summed E-state index contributed by atoms with van der Waals surface area (Å²) in [4.78, 5) is 23.4. The maximum atomic E-state index is 12.2. The summed E-state index contributed by atoms with van der Waals surface area (Å²) in [7, 11) is -3.74. The van der Waals surface area contributed by atoms with Crippen molar-refractivity contribution in [2.75, 3.05) is 6.61 Å². The Kier molecular flexibility index (Phi) is 6.53. The second kappa shape index (κ2) is 8.63. The fourth-order valence-corrected chi connectivity index (χ4v) is 3.00. The average molecular weight is 380 g/mol. The maximum absolute atomic E-state index is 12.2. The molecule has 0 fully saturated rings. The van der Waals surface area contributed by atoms with E-state index in [1.165, 1.54) is 30.5 Å². The number of carbonyl (C=O) groups is 2. The highest BCUT2D eigenvalue weighted by Gasteiger charge is 2.16. The van der Waals surface area contributed by atoms with Crippen LogP contribution in [0.1, 0.15) is 30.0 Å². The first-order chi connectivity index (χ1) is 12.3. The first-order valence-corrected chi connectivity index (χ1v) is 9.35. The minimum atomic E-state index is -3.74. The molecule has 2 aromatic rings. The number of amides is 1. The zero-order valence-corrected chi connectivity index (χ0v) is 15.2. The number of carbonyl (C=O) groups excluding carboxylic acids is 2. The molecule has 26 heavy (non-hydrogen) atoms. The van der Waals surface area contributed by atoms with Gasteiger partial charge in [-0.2, -0.15) is 0 Å². The summed E-state index contributed by atoms with van der Waals surface area (Å²) in [6.07, 6.45) is 1.45. The van der Waals surface area contributed by atoms with Crippen LogP contribution in [0.5, 0.6) is 0 Å². The fraction of sp³-hybridized carbons (Fsp3) is 0.294. The van der Waals surface area contributed by atoms with Crippen LogP contribution in [0.2, 0.25) is 0 Å². The van der Waals surface area contributed by atoms with Gasteiger partial charge >= 0.3 is 5.97 Å². The van der Waals surface area contributed by atoms with Crippen molar-refractivity contribution in [1.82, 2.24) is 10.0 Å². The lowest BCUT2D eigenvalue weighted by Crippen LogP contribution is -2.34. The number of benzene rings is 1. The number of hydrogen-bond donors (Lipinski definition) is 2. The van der Waals surface area contributed by atoms with E-state index in [0.29, 0.717) is 5.76 Å². The van der Waals surface area contributed by atoms with E-state index in [1.807, 2.05) is 0 Å². The number of rotatable bonds is 8. The Morgan fingerprint density at radius 2 is 1.85 bits per heavy atom. The lowest BCUT2D eigenvalue weighted by molar-refractivity contribution is -0.124. The molecule has 2 rings (SSSR count). The normalized spacial score (nSPS) is 11.3. The molecule has 0 spiro atoms. The van der Waals surface area contributed by atoms with Gasteiger partial charge in [-0.3, -0.25) is 4.79 Å². The van der Waals surface area contributed by atoms with Crippen LogP contribution in [0.15, 0.2) is 52.0 Å². The van der Waals surface area contributed by atoms with E-state index in [4.69, 9.17) is 9.15 Å². The highest BCUT2D eigenvalue weighted by Crippen LogP contribution is 2.12. The molecule has 0 aliphatic heterocycles. The number of hydrogen-bond acceptors (Lipinski definition) is 6. The Morgan fingerprint density at radius 1 is 1.15 bits per heavy atom. The summed E-state index contributed by atoms with van der Waals surface area (Å²) < 4.78 is 36.8. The van der Waals surface area contributed by atoms with Crippen LogP contribution in [0.25, 0.3) is 0 Å². The Hall–Kier alpha value is -2.65. The summed E-state index contributed by atoms with van der Waals surface area (Å²) >= 11 is 0. The van der Waals surface area contributed by atoms with Crippen molar-refractivity contribution in [3.05, 3.63) is 54.0 Å². The monoisotopic (exact) mass is 380 g/mol. The maximum Gasteiger partial charge on any atom is 0.338 e. The second-order valence-corrected chi connectivity index (χ2v) is 7.49. The zero-order chi connectivity index (χ0) is 19.2. The SMILES string of the molecule is CC(C)NC(=O)COC(=O)c1ccc(S(=O)(=O)NCc2ccco2)cc1. The third kappa shape index (κ3) is 5.71. The molecule has 0 bridgehead atoms. The van der Waals surface area contributed by atoms with Gasteiger partial charge in [-0.15, -0.1) is 0 Å². The molecule has 0 unspecified atom stereocenters. The van der Waals surface area contributed by atoms with Gasteiger partial charge < -0.3 is 14.5 Å². The van der Waals surface area contributed by atoms with Crippen LogP contribution in [-0.2, 0) is 26.1 Å². The molecule has 1 amide bonds. The van der Waals surface area contributed by atoms with E-state index in [2.05, 4.69) is 10.0 Å². The van der Waals surface area contributed by atoms with Crippen LogP contribution in [0, 0.1) is 0 Å². The minimum absolute atomic E-state index is 0.00171. The van der Waals surface area contributed by atoms with Gasteiger partial charge in [0.25, 0.3) is 5.91 Å². The predicted molar refractivity (Wildman–Crippen MR) is 92.7 cm³/mol. The fourth-order valence-electron chi connectivity index (χ4n) is 2.01. The van der Waals surface area contributed by atoms with E-state index in [0.717, 1.165) is 0 Å². The molecular weight excluding hydrogens is 360 g/mol. The summed E-state index contributed by atoms with van der Waals surface area (Å²) in [5.41, 5.74) is 0.146. The third-order valence-electron chi connectivity index (χ3n) is 3.20. The van der Waals surface area contributed by atoms with Gasteiger partial charge in [0, 0.05) is 6.04 Å². The highest BCUT2D eigenvalue weighted by molar-refractivity contribution is 7.89. The molecule has 0 atom stereocenters. The summed E-state index contributed by atoms with van der Waals surface area (Å²) in [6, 6.07) is 8.47. The Morgan fingerprint density at radius 3 is 2.42 bits per heavy atom. The van der Waals surface area contributed by atoms with E-state index in [9.17, 15) is 18.0 Å². The van der Waals surface area contributed by atoms with E-state index >= 15 is 0 Å². The molecule has 0 aliphatic carbocycles. The Balaban J connectivity index is 1.94. The van der Waals surface area contributed by atoms with Gasteiger partial charge in [0.05, 0.1) is 23.3 Å². The van der Waals surface area contributed by atoms with Crippen molar-refractivity contribution in [3.63, 3.8) is 0 Å². The van der Waals surface area contributed by atoms with Crippen LogP contribution in [-0.4, -0.2) is 32.9 Å². The lowest BCUT2D eigenvalue weighted by atomic mass is 10.2. The predicted octanol–water partition coefficient (Wildman–Crippen LogP) is 1.44. The van der Waals surface area contributed by atoms with Gasteiger partial charge in [-0.1, -0.05) is 0 Å². The zero-order valence-electron chi connectivity index (χ0n) is 14.4. The van der Waals surface area contributed by atoms with Gasteiger partial charge in [0.1, 0.15) is 5.76 Å². The first kappa shape index (κ1) is 19.7. The number of nitrogens with one attached hydrogen (secondary N) is 2. The molecule has 1 aromatic heterocycles.